The highest BCUT2D eigenvalue weighted by atomic mass is 19.4. The molecule has 0 bridgehead atoms. The third-order valence-corrected chi connectivity index (χ3v) is 3.83. The molecule has 0 aliphatic heterocycles. The second kappa shape index (κ2) is 8.80. The van der Waals surface area contributed by atoms with Gasteiger partial charge in [0.15, 0.2) is 0 Å². The molecule has 0 unspecified atom stereocenters. The van der Waals surface area contributed by atoms with Crippen LogP contribution in [0.15, 0.2) is 48.5 Å². The Labute approximate surface area is 149 Å². The van der Waals surface area contributed by atoms with Gasteiger partial charge < -0.3 is 10.2 Å². The molecular formula is C19H20F4N2O. The predicted molar refractivity (Wildman–Crippen MR) is 91.1 cm³/mol. The van der Waals surface area contributed by atoms with E-state index >= 15 is 0 Å². The fourth-order valence-electron chi connectivity index (χ4n) is 2.51. The highest BCUT2D eigenvalue weighted by molar-refractivity contribution is 5.94. The normalized spacial score (nSPS) is 11.6. The van der Waals surface area contributed by atoms with Crippen LogP contribution in [0.25, 0.3) is 0 Å². The predicted octanol–water partition coefficient (Wildman–Crippen LogP) is 4.10. The number of nitrogens with one attached hydrogen (secondary N) is 1. The van der Waals surface area contributed by atoms with Crippen LogP contribution in [-0.4, -0.2) is 30.9 Å². The van der Waals surface area contributed by atoms with Crippen LogP contribution in [0.2, 0.25) is 0 Å². The number of benzene rings is 2. The van der Waals surface area contributed by atoms with Crippen molar-refractivity contribution >= 4 is 5.91 Å². The van der Waals surface area contributed by atoms with Crippen molar-refractivity contribution in [1.82, 2.24) is 10.2 Å². The second-order valence-electron chi connectivity index (χ2n) is 6.03. The smallest absolute Gasteiger partial charge is 0.352 e. The van der Waals surface area contributed by atoms with Gasteiger partial charge in [0.1, 0.15) is 5.82 Å². The number of hydrogen-bond acceptors (Lipinski definition) is 2. The topological polar surface area (TPSA) is 32.3 Å². The molecule has 0 radical (unpaired) electrons. The summed E-state index contributed by atoms with van der Waals surface area (Å²) in [5.41, 5.74) is -0.478. The Balaban J connectivity index is 1.80. The van der Waals surface area contributed by atoms with Gasteiger partial charge in [-0.3, -0.25) is 4.79 Å². The number of hydrogen-bond donors (Lipinski definition) is 1. The van der Waals surface area contributed by atoms with Crippen molar-refractivity contribution in [3.8, 4) is 0 Å². The summed E-state index contributed by atoms with van der Waals surface area (Å²) >= 11 is 0. The van der Waals surface area contributed by atoms with E-state index in [1.807, 2.05) is 37.4 Å². The summed E-state index contributed by atoms with van der Waals surface area (Å²) in [5.74, 6) is -2.04. The van der Waals surface area contributed by atoms with Crippen molar-refractivity contribution < 1.29 is 22.4 Å². The minimum Gasteiger partial charge on any atom is -0.352 e. The van der Waals surface area contributed by atoms with Crippen molar-refractivity contribution in [2.45, 2.75) is 19.1 Å². The minimum atomic E-state index is -4.83. The first-order chi connectivity index (χ1) is 12.3. The summed E-state index contributed by atoms with van der Waals surface area (Å²) in [6.45, 7) is 1.80. The molecule has 2 rings (SSSR count). The number of carbonyl (C=O) groups is 1. The van der Waals surface area contributed by atoms with Crippen LogP contribution in [-0.2, 0) is 12.7 Å². The molecule has 0 aromatic heterocycles. The van der Waals surface area contributed by atoms with Crippen LogP contribution in [0.5, 0.6) is 0 Å². The van der Waals surface area contributed by atoms with Crippen LogP contribution in [0.4, 0.5) is 17.6 Å². The molecule has 140 valence electrons. The molecule has 26 heavy (non-hydrogen) atoms. The summed E-state index contributed by atoms with van der Waals surface area (Å²) in [4.78, 5) is 14.0. The number of alkyl halides is 3. The molecule has 0 aliphatic rings. The van der Waals surface area contributed by atoms with Gasteiger partial charge in [-0.2, -0.15) is 13.2 Å². The van der Waals surface area contributed by atoms with E-state index in [-0.39, 0.29) is 5.56 Å². The van der Waals surface area contributed by atoms with Crippen molar-refractivity contribution in [2.75, 3.05) is 20.1 Å². The Morgan fingerprint density at radius 2 is 1.81 bits per heavy atom. The molecule has 7 heteroatoms. The van der Waals surface area contributed by atoms with Crippen LogP contribution in [0.3, 0.4) is 0 Å². The molecule has 0 saturated carbocycles. The largest absolute Gasteiger partial charge is 0.419 e. The quantitative estimate of drug-likeness (QED) is 0.590. The van der Waals surface area contributed by atoms with Gasteiger partial charge in [-0.1, -0.05) is 30.3 Å². The molecule has 0 fully saturated rings. The van der Waals surface area contributed by atoms with E-state index in [4.69, 9.17) is 0 Å². The summed E-state index contributed by atoms with van der Waals surface area (Å²) in [6.07, 6.45) is -4.19. The van der Waals surface area contributed by atoms with Crippen LogP contribution in [0, 0.1) is 5.82 Å². The van der Waals surface area contributed by atoms with Crippen LogP contribution in [0.1, 0.15) is 27.9 Å². The molecular weight excluding hydrogens is 348 g/mol. The van der Waals surface area contributed by atoms with Gasteiger partial charge in [-0.25, -0.2) is 4.39 Å². The van der Waals surface area contributed by atoms with E-state index in [1.54, 1.807) is 0 Å². The first-order valence-corrected chi connectivity index (χ1v) is 8.15. The Morgan fingerprint density at radius 3 is 2.46 bits per heavy atom. The minimum absolute atomic E-state index is 0.212. The second-order valence-corrected chi connectivity index (χ2v) is 6.03. The molecule has 1 N–H and O–H groups in total. The summed E-state index contributed by atoms with van der Waals surface area (Å²) < 4.78 is 51.3. The lowest BCUT2D eigenvalue weighted by molar-refractivity contribution is -0.140. The van der Waals surface area contributed by atoms with Crippen molar-refractivity contribution in [1.29, 1.82) is 0 Å². The molecule has 3 nitrogen and oxygen atoms in total. The van der Waals surface area contributed by atoms with E-state index in [9.17, 15) is 22.4 Å². The van der Waals surface area contributed by atoms with Crippen LogP contribution < -0.4 is 5.32 Å². The Morgan fingerprint density at radius 1 is 1.12 bits per heavy atom. The first kappa shape index (κ1) is 19.9. The maximum Gasteiger partial charge on any atom is 0.419 e. The average Bonchev–Trinajstić information content (AvgIpc) is 2.59. The number of rotatable bonds is 7. The molecule has 0 heterocycles. The van der Waals surface area contributed by atoms with E-state index < -0.39 is 23.5 Å². The number of amides is 1. The lowest BCUT2D eigenvalue weighted by Crippen LogP contribution is -2.28. The Hall–Kier alpha value is -2.41. The maximum absolute atomic E-state index is 13.2. The highest BCUT2D eigenvalue weighted by Gasteiger charge is 2.34. The van der Waals surface area contributed by atoms with E-state index in [0.717, 1.165) is 12.6 Å². The van der Waals surface area contributed by atoms with E-state index in [0.29, 0.717) is 31.6 Å². The molecule has 2 aromatic rings. The molecule has 0 aliphatic carbocycles. The Kier molecular flexibility index (Phi) is 6.74. The van der Waals surface area contributed by atoms with Gasteiger partial charge in [-0.15, -0.1) is 0 Å². The van der Waals surface area contributed by atoms with Crippen LogP contribution >= 0.6 is 0 Å². The standard InChI is InChI=1S/C19H20F4N2O/c1-25(13-14-6-3-2-4-7-14)11-5-10-24-18(26)15-8-9-17(20)16(12-15)19(21,22)23/h2-4,6-9,12H,5,10-11,13H2,1H3,(H,24,26). The van der Waals surface area contributed by atoms with E-state index in [2.05, 4.69) is 10.2 Å². The monoisotopic (exact) mass is 368 g/mol. The number of halogens is 4. The van der Waals surface area contributed by atoms with Gasteiger partial charge in [0.05, 0.1) is 5.56 Å². The van der Waals surface area contributed by atoms with Crippen molar-refractivity contribution in [3.63, 3.8) is 0 Å². The maximum atomic E-state index is 13.2. The molecule has 0 atom stereocenters. The molecule has 1 amide bonds. The number of nitrogens with zero attached hydrogens (tertiary/aromatic N) is 1. The fraction of sp³-hybridized carbons (Fsp3) is 0.316. The lowest BCUT2D eigenvalue weighted by atomic mass is 10.1. The summed E-state index contributed by atoms with van der Waals surface area (Å²) in [6, 6.07) is 12.1. The zero-order chi connectivity index (χ0) is 19.2. The Bertz CT molecular complexity index is 732. The van der Waals surface area contributed by atoms with Gasteiger partial charge in [0.2, 0.25) is 0 Å². The molecule has 2 aromatic carbocycles. The zero-order valence-electron chi connectivity index (χ0n) is 14.3. The molecule has 0 saturated heterocycles. The summed E-state index contributed by atoms with van der Waals surface area (Å²) in [7, 11) is 1.95. The third-order valence-electron chi connectivity index (χ3n) is 3.83. The first-order valence-electron chi connectivity index (χ1n) is 8.15. The summed E-state index contributed by atoms with van der Waals surface area (Å²) in [5, 5.41) is 2.56. The third kappa shape index (κ3) is 5.84. The SMILES string of the molecule is CN(CCCNC(=O)c1ccc(F)c(C(F)(F)F)c1)Cc1ccccc1. The van der Waals surface area contributed by atoms with Crippen molar-refractivity contribution in [3.05, 3.63) is 71.0 Å². The van der Waals surface area contributed by atoms with Crippen molar-refractivity contribution in [2.24, 2.45) is 0 Å². The lowest BCUT2D eigenvalue weighted by Gasteiger charge is -2.17. The zero-order valence-corrected chi connectivity index (χ0v) is 14.3. The highest BCUT2D eigenvalue weighted by Crippen LogP contribution is 2.31. The number of carbonyl (C=O) groups excluding carboxylic acids is 1. The molecule has 0 spiro atoms. The van der Waals surface area contributed by atoms with Gasteiger partial charge in [0.25, 0.3) is 5.91 Å². The average molecular weight is 368 g/mol. The van der Waals surface area contributed by atoms with Gasteiger partial charge in [0, 0.05) is 18.7 Å². The van der Waals surface area contributed by atoms with Gasteiger partial charge in [-0.05, 0) is 43.8 Å². The fourth-order valence-corrected chi connectivity index (χ4v) is 2.51. The van der Waals surface area contributed by atoms with E-state index in [1.165, 1.54) is 5.56 Å². The van der Waals surface area contributed by atoms with Gasteiger partial charge >= 0.3 is 6.18 Å².